The number of nitrogens with one attached hydrogen (secondary N) is 1. The second-order valence-electron chi connectivity index (χ2n) is 4.43. The maximum Gasteiger partial charge on any atom is 0.274 e. The molecule has 5 nitrogen and oxygen atoms in total. The highest BCUT2D eigenvalue weighted by Gasteiger charge is 2.26. The highest BCUT2D eigenvalue weighted by atomic mass is 35.5. The van der Waals surface area contributed by atoms with Gasteiger partial charge in [-0.1, -0.05) is 17.7 Å². The molecule has 0 amide bonds. The van der Waals surface area contributed by atoms with E-state index in [4.69, 9.17) is 11.6 Å². The van der Waals surface area contributed by atoms with Crippen LogP contribution in [0, 0.1) is 10.1 Å². The van der Waals surface area contributed by atoms with E-state index in [1.54, 1.807) is 18.2 Å². The van der Waals surface area contributed by atoms with E-state index < -0.39 is 0 Å². The molecule has 19 heavy (non-hydrogen) atoms. The number of hydrogen-bond acceptors (Lipinski definition) is 4. The van der Waals surface area contributed by atoms with Gasteiger partial charge >= 0.3 is 0 Å². The number of piperazine rings is 1. The minimum absolute atomic E-state index is 0.0906. The van der Waals surface area contributed by atoms with Gasteiger partial charge in [-0.3, -0.25) is 15.0 Å². The zero-order valence-electron chi connectivity index (χ0n) is 10.5. The fourth-order valence-corrected chi connectivity index (χ4v) is 2.54. The lowest BCUT2D eigenvalue weighted by molar-refractivity contribution is -0.385. The van der Waals surface area contributed by atoms with Crippen molar-refractivity contribution >= 4 is 17.3 Å². The standard InChI is InChI=1S/C13H16ClN3O2/c1-2-12(16-7-5-15-6-8-16)11-9-10(14)3-4-13(11)17(18)19/h2-4,9,12,15H,1,5-8H2/t12-/m0/s1. The molecular formula is C13H16ClN3O2. The molecule has 1 aromatic rings. The van der Waals surface area contributed by atoms with E-state index in [1.165, 1.54) is 6.07 Å². The number of nitrogens with zero attached hydrogens (tertiary/aromatic N) is 2. The van der Waals surface area contributed by atoms with Crippen molar-refractivity contribution < 1.29 is 4.92 Å². The summed E-state index contributed by atoms with van der Waals surface area (Å²) in [6.07, 6.45) is 1.74. The lowest BCUT2D eigenvalue weighted by Gasteiger charge is -2.33. The Morgan fingerprint density at radius 2 is 2.16 bits per heavy atom. The molecular weight excluding hydrogens is 266 g/mol. The summed E-state index contributed by atoms with van der Waals surface area (Å²) < 4.78 is 0. The van der Waals surface area contributed by atoms with Crippen molar-refractivity contribution in [1.82, 2.24) is 10.2 Å². The largest absolute Gasteiger partial charge is 0.314 e. The SMILES string of the molecule is C=C[C@@H](c1cc(Cl)ccc1[N+](=O)[O-])N1CCNCC1. The van der Waals surface area contributed by atoms with Crippen molar-refractivity contribution in [3.63, 3.8) is 0 Å². The first-order chi connectivity index (χ1) is 9.13. The van der Waals surface area contributed by atoms with Crippen LogP contribution in [0.4, 0.5) is 5.69 Å². The molecule has 102 valence electrons. The van der Waals surface area contributed by atoms with Gasteiger partial charge < -0.3 is 5.32 Å². The summed E-state index contributed by atoms with van der Waals surface area (Å²) in [7, 11) is 0. The molecule has 1 aliphatic heterocycles. The van der Waals surface area contributed by atoms with E-state index in [9.17, 15) is 10.1 Å². The predicted molar refractivity (Wildman–Crippen MR) is 75.5 cm³/mol. The van der Waals surface area contributed by atoms with Crippen molar-refractivity contribution in [1.29, 1.82) is 0 Å². The summed E-state index contributed by atoms with van der Waals surface area (Å²) in [6, 6.07) is 4.48. The van der Waals surface area contributed by atoms with Gasteiger partial charge in [0.15, 0.2) is 0 Å². The van der Waals surface area contributed by atoms with Gasteiger partial charge in [0.25, 0.3) is 5.69 Å². The molecule has 0 unspecified atom stereocenters. The van der Waals surface area contributed by atoms with Gasteiger partial charge in [0.1, 0.15) is 0 Å². The first-order valence-corrected chi connectivity index (χ1v) is 6.52. The van der Waals surface area contributed by atoms with Crippen LogP contribution in [0.25, 0.3) is 0 Å². The van der Waals surface area contributed by atoms with Gasteiger partial charge in [0.2, 0.25) is 0 Å². The first-order valence-electron chi connectivity index (χ1n) is 6.14. The van der Waals surface area contributed by atoms with Crippen LogP contribution < -0.4 is 5.32 Å². The minimum Gasteiger partial charge on any atom is -0.314 e. The fraction of sp³-hybridized carbons (Fsp3) is 0.385. The molecule has 2 rings (SSSR count). The van der Waals surface area contributed by atoms with Gasteiger partial charge in [-0.05, 0) is 12.1 Å². The second kappa shape index (κ2) is 6.14. The molecule has 1 saturated heterocycles. The molecule has 1 heterocycles. The Balaban J connectivity index is 2.38. The van der Waals surface area contributed by atoms with Crippen molar-refractivity contribution in [3.8, 4) is 0 Å². The Bertz CT molecular complexity index is 487. The molecule has 0 saturated carbocycles. The highest BCUT2D eigenvalue weighted by molar-refractivity contribution is 6.30. The van der Waals surface area contributed by atoms with Crippen LogP contribution in [0.1, 0.15) is 11.6 Å². The quantitative estimate of drug-likeness (QED) is 0.523. The van der Waals surface area contributed by atoms with Crippen molar-refractivity contribution in [2.24, 2.45) is 0 Å². The molecule has 1 aliphatic rings. The van der Waals surface area contributed by atoms with Crippen molar-refractivity contribution in [3.05, 3.63) is 51.6 Å². The number of nitro groups is 1. The summed E-state index contributed by atoms with van der Waals surface area (Å²) in [5, 5.41) is 14.9. The van der Waals surface area contributed by atoms with Crippen LogP contribution in [-0.4, -0.2) is 36.0 Å². The molecule has 0 aromatic heterocycles. The third-order valence-corrected chi connectivity index (χ3v) is 3.51. The van der Waals surface area contributed by atoms with Crippen LogP contribution >= 0.6 is 11.6 Å². The van der Waals surface area contributed by atoms with Gasteiger partial charge in [-0.25, -0.2) is 0 Å². The van der Waals surface area contributed by atoms with Crippen LogP contribution in [0.2, 0.25) is 5.02 Å². The summed E-state index contributed by atoms with van der Waals surface area (Å²) in [5.41, 5.74) is 0.697. The van der Waals surface area contributed by atoms with Crippen LogP contribution in [0.5, 0.6) is 0 Å². The minimum atomic E-state index is -0.371. The monoisotopic (exact) mass is 281 g/mol. The molecule has 1 atom stereocenters. The van der Waals surface area contributed by atoms with Gasteiger partial charge in [0.05, 0.1) is 16.5 Å². The summed E-state index contributed by atoms with van der Waals surface area (Å²) in [5.74, 6) is 0. The average Bonchev–Trinajstić information content (AvgIpc) is 2.40. The average molecular weight is 282 g/mol. The Morgan fingerprint density at radius 1 is 1.47 bits per heavy atom. The zero-order valence-corrected chi connectivity index (χ0v) is 11.3. The number of halogens is 1. The van der Waals surface area contributed by atoms with E-state index in [0.717, 1.165) is 26.2 Å². The highest BCUT2D eigenvalue weighted by Crippen LogP contribution is 2.32. The zero-order chi connectivity index (χ0) is 13.8. The molecule has 0 radical (unpaired) electrons. The van der Waals surface area contributed by atoms with Crippen molar-refractivity contribution in [2.75, 3.05) is 26.2 Å². The topological polar surface area (TPSA) is 58.4 Å². The van der Waals surface area contributed by atoms with E-state index in [2.05, 4.69) is 16.8 Å². The fourth-order valence-electron chi connectivity index (χ4n) is 2.36. The lowest BCUT2D eigenvalue weighted by Crippen LogP contribution is -2.44. The summed E-state index contributed by atoms with van der Waals surface area (Å²) >= 11 is 5.97. The molecule has 1 aromatic carbocycles. The second-order valence-corrected chi connectivity index (χ2v) is 4.86. The Kier molecular flexibility index (Phi) is 4.52. The smallest absolute Gasteiger partial charge is 0.274 e. The first kappa shape index (κ1) is 14.0. The molecule has 0 spiro atoms. The van der Waals surface area contributed by atoms with Crippen LogP contribution in [-0.2, 0) is 0 Å². The van der Waals surface area contributed by atoms with Crippen LogP contribution in [0.3, 0.4) is 0 Å². The maximum atomic E-state index is 11.1. The van der Waals surface area contributed by atoms with E-state index in [-0.39, 0.29) is 16.7 Å². The third kappa shape index (κ3) is 3.12. The molecule has 1 N–H and O–H groups in total. The van der Waals surface area contributed by atoms with E-state index in [1.807, 2.05) is 0 Å². The maximum absolute atomic E-state index is 11.1. The third-order valence-electron chi connectivity index (χ3n) is 3.27. The number of rotatable bonds is 4. The molecule has 0 aliphatic carbocycles. The van der Waals surface area contributed by atoms with E-state index >= 15 is 0 Å². The normalized spacial score (nSPS) is 17.9. The molecule has 0 bridgehead atoms. The van der Waals surface area contributed by atoms with Gasteiger partial charge in [0, 0.05) is 37.3 Å². The number of nitro benzene ring substituents is 1. The number of benzene rings is 1. The van der Waals surface area contributed by atoms with Gasteiger partial charge in [-0.15, -0.1) is 6.58 Å². The van der Waals surface area contributed by atoms with Crippen LogP contribution in [0.15, 0.2) is 30.9 Å². The number of hydrogen-bond donors (Lipinski definition) is 1. The van der Waals surface area contributed by atoms with E-state index in [0.29, 0.717) is 10.6 Å². The van der Waals surface area contributed by atoms with Crippen molar-refractivity contribution in [2.45, 2.75) is 6.04 Å². The van der Waals surface area contributed by atoms with Gasteiger partial charge in [-0.2, -0.15) is 0 Å². The summed E-state index contributed by atoms with van der Waals surface area (Å²) in [6.45, 7) is 7.23. The predicted octanol–water partition coefficient (Wildman–Crippen LogP) is 2.38. The molecule has 6 heteroatoms. The Labute approximate surface area is 117 Å². The Morgan fingerprint density at radius 3 is 2.74 bits per heavy atom. The lowest BCUT2D eigenvalue weighted by atomic mass is 10.0. The molecule has 1 fully saturated rings. The summed E-state index contributed by atoms with van der Waals surface area (Å²) in [4.78, 5) is 12.9. The Hall–Kier alpha value is -1.43.